The summed E-state index contributed by atoms with van der Waals surface area (Å²) < 4.78 is 7.71. The van der Waals surface area contributed by atoms with E-state index < -0.39 is 5.91 Å². The molecule has 0 fully saturated rings. The number of nitrogens with zero attached hydrogens (tertiary/aromatic N) is 4. The van der Waals surface area contributed by atoms with Crippen LogP contribution in [0.1, 0.15) is 27.8 Å². The maximum absolute atomic E-state index is 12.3. The van der Waals surface area contributed by atoms with Crippen LogP contribution in [0.4, 0.5) is 0 Å². The van der Waals surface area contributed by atoms with Gasteiger partial charge in [0.2, 0.25) is 0 Å². The van der Waals surface area contributed by atoms with E-state index >= 15 is 0 Å². The number of amides is 1. The van der Waals surface area contributed by atoms with Crippen LogP contribution in [0.25, 0.3) is 10.2 Å². The first-order valence-electron chi connectivity index (χ1n) is 7.90. The standard InChI is InChI=1S/C18H16N4O3S/c1-3-9-22-14-6-5-12(17(24)25-4-2)10-15(14)26-18(22)21-16(23)13-11-19-7-8-20-13/h3,5-8,10-11H,1,4,9H2,2H3. The minimum atomic E-state index is -0.479. The number of allylic oxidation sites excluding steroid dienone is 1. The number of hydrogen-bond acceptors (Lipinski definition) is 6. The van der Waals surface area contributed by atoms with Crippen LogP contribution in [-0.2, 0) is 11.3 Å². The lowest BCUT2D eigenvalue weighted by Crippen LogP contribution is -2.16. The van der Waals surface area contributed by atoms with E-state index in [0.717, 1.165) is 10.2 Å². The summed E-state index contributed by atoms with van der Waals surface area (Å²) in [6.45, 7) is 6.30. The molecular formula is C18H16N4O3S. The largest absolute Gasteiger partial charge is 0.462 e. The lowest BCUT2D eigenvalue weighted by molar-refractivity contribution is 0.0526. The SMILES string of the molecule is C=CCn1c(=NC(=O)c2cnccn2)sc2cc(C(=O)OCC)ccc21. The summed E-state index contributed by atoms with van der Waals surface area (Å²) in [6.07, 6.45) is 6.02. The van der Waals surface area contributed by atoms with Crippen LogP contribution in [0.15, 0.2) is 54.4 Å². The third-order valence-electron chi connectivity index (χ3n) is 3.49. The molecule has 0 spiro atoms. The Morgan fingerprint density at radius 2 is 2.23 bits per heavy atom. The number of carbonyl (C=O) groups is 2. The molecule has 7 nitrogen and oxygen atoms in total. The Bertz CT molecular complexity index is 1040. The van der Waals surface area contributed by atoms with Gasteiger partial charge in [0, 0.05) is 18.9 Å². The molecule has 1 amide bonds. The van der Waals surface area contributed by atoms with Crippen molar-refractivity contribution in [1.29, 1.82) is 0 Å². The second-order valence-electron chi connectivity index (χ2n) is 5.19. The number of ether oxygens (including phenoxy) is 1. The third-order valence-corrected chi connectivity index (χ3v) is 4.53. The summed E-state index contributed by atoms with van der Waals surface area (Å²) in [5.41, 5.74) is 1.48. The van der Waals surface area contributed by atoms with Crippen molar-refractivity contribution in [2.24, 2.45) is 4.99 Å². The Kier molecular flexibility index (Phi) is 5.33. The van der Waals surface area contributed by atoms with E-state index in [0.29, 0.717) is 23.5 Å². The molecule has 132 valence electrons. The highest BCUT2D eigenvalue weighted by Crippen LogP contribution is 2.20. The summed E-state index contributed by atoms with van der Waals surface area (Å²) in [4.78, 5) is 36.8. The number of fused-ring (bicyclic) bond motifs is 1. The van der Waals surface area contributed by atoms with Crippen molar-refractivity contribution in [2.45, 2.75) is 13.5 Å². The van der Waals surface area contributed by atoms with Gasteiger partial charge in [0.05, 0.1) is 28.6 Å². The normalized spacial score (nSPS) is 11.5. The van der Waals surface area contributed by atoms with E-state index in [1.165, 1.54) is 29.9 Å². The lowest BCUT2D eigenvalue weighted by Gasteiger charge is -2.03. The third kappa shape index (κ3) is 3.60. The smallest absolute Gasteiger partial charge is 0.338 e. The molecule has 0 unspecified atom stereocenters. The quantitative estimate of drug-likeness (QED) is 0.510. The Balaban J connectivity index is 2.10. The molecule has 1 aromatic carbocycles. The van der Waals surface area contributed by atoms with Crippen molar-refractivity contribution in [3.05, 3.63) is 65.5 Å². The zero-order valence-electron chi connectivity index (χ0n) is 14.1. The summed E-state index contributed by atoms with van der Waals surface area (Å²) in [6, 6.07) is 5.25. The number of rotatable bonds is 5. The summed E-state index contributed by atoms with van der Waals surface area (Å²) in [5.74, 6) is -0.861. The average molecular weight is 368 g/mol. The van der Waals surface area contributed by atoms with Gasteiger partial charge < -0.3 is 9.30 Å². The van der Waals surface area contributed by atoms with E-state index in [1.807, 2.05) is 10.6 Å². The fourth-order valence-corrected chi connectivity index (χ4v) is 3.44. The van der Waals surface area contributed by atoms with Crippen LogP contribution in [-0.4, -0.2) is 33.0 Å². The second kappa shape index (κ2) is 7.83. The van der Waals surface area contributed by atoms with Crippen molar-refractivity contribution in [3.63, 3.8) is 0 Å². The van der Waals surface area contributed by atoms with Gasteiger partial charge in [0.1, 0.15) is 5.69 Å². The van der Waals surface area contributed by atoms with Gasteiger partial charge in [0.15, 0.2) is 4.80 Å². The van der Waals surface area contributed by atoms with E-state index in [-0.39, 0.29) is 11.7 Å². The van der Waals surface area contributed by atoms with E-state index in [4.69, 9.17) is 4.74 Å². The molecule has 0 atom stereocenters. The number of thiazole rings is 1. The van der Waals surface area contributed by atoms with E-state index in [9.17, 15) is 9.59 Å². The molecule has 0 aliphatic heterocycles. The van der Waals surface area contributed by atoms with Gasteiger partial charge in [-0.1, -0.05) is 17.4 Å². The fourth-order valence-electron chi connectivity index (χ4n) is 2.36. The molecule has 3 aromatic rings. The van der Waals surface area contributed by atoms with Crippen LogP contribution in [0.2, 0.25) is 0 Å². The van der Waals surface area contributed by atoms with Gasteiger partial charge in [-0.05, 0) is 25.1 Å². The number of carbonyl (C=O) groups excluding carboxylic acids is 2. The highest BCUT2D eigenvalue weighted by molar-refractivity contribution is 7.16. The monoisotopic (exact) mass is 368 g/mol. The minimum absolute atomic E-state index is 0.169. The van der Waals surface area contributed by atoms with E-state index in [2.05, 4.69) is 21.5 Å². The molecule has 26 heavy (non-hydrogen) atoms. The van der Waals surface area contributed by atoms with Gasteiger partial charge >= 0.3 is 5.97 Å². The highest BCUT2D eigenvalue weighted by Gasteiger charge is 2.13. The fraction of sp³-hybridized carbons (Fsp3) is 0.167. The maximum Gasteiger partial charge on any atom is 0.338 e. The first kappa shape index (κ1) is 17.7. The predicted molar refractivity (Wildman–Crippen MR) is 97.9 cm³/mol. The molecule has 0 saturated carbocycles. The van der Waals surface area contributed by atoms with Crippen LogP contribution in [0, 0.1) is 0 Å². The molecule has 0 saturated heterocycles. The molecule has 2 heterocycles. The Hall–Kier alpha value is -3.13. The topological polar surface area (TPSA) is 86.4 Å². The van der Waals surface area contributed by atoms with Crippen molar-refractivity contribution >= 4 is 33.4 Å². The van der Waals surface area contributed by atoms with Crippen molar-refractivity contribution < 1.29 is 14.3 Å². The number of aromatic nitrogens is 3. The molecule has 0 N–H and O–H groups in total. The zero-order chi connectivity index (χ0) is 18.5. The van der Waals surface area contributed by atoms with Crippen LogP contribution >= 0.6 is 11.3 Å². The number of esters is 1. The number of hydrogen-bond donors (Lipinski definition) is 0. The summed E-state index contributed by atoms with van der Waals surface area (Å²) >= 11 is 1.31. The van der Waals surface area contributed by atoms with E-state index in [1.54, 1.807) is 25.1 Å². The van der Waals surface area contributed by atoms with Gasteiger partial charge in [-0.15, -0.1) is 6.58 Å². The molecule has 0 radical (unpaired) electrons. The van der Waals surface area contributed by atoms with Crippen molar-refractivity contribution in [1.82, 2.24) is 14.5 Å². The van der Waals surface area contributed by atoms with Gasteiger partial charge in [-0.25, -0.2) is 9.78 Å². The van der Waals surface area contributed by atoms with Crippen LogP contribution in [0.3, 0.4) is 0 Å². The average Bonchev–Trinajstić information content (AvgIpc) is 2.99. The lowest BCUT2D eigenvalue weighted by atomic mass is 10.2. The van der Waals surface area contributed by atoms with Gasteiger partial charge in [-0.3, -0.25) is 9.78 Å². The molecular weight excluding hydrogens is 352 g/mol. The number of benzene rings is 1. The highest BCUT2D eigenvalue weighted by atomic mass is 32.1. The van der Waals surface area contributed by atoms with Crippen LogP contribution in [0.5, 0.6) is 0 Å². The first-order chi connectivity index (χ1) is 12.6. The minimum Gasteiger partial charge on any atom is -0.462 e. The zero-order valence-corrected chi connectivity index (χ0v) is 14.9. The molecule has 3 rings (SSSR count). The van der Waals surface area contributed by atoms with Crippen LogP contribution < -0.4 is 4.80 Å². The second-order valence-corrected chi connectivity index (χ2v) is 6.20. The molecule has 0 aliphatic carbocycles. The Labute approximate surface area is 153 Å². The Morgan fingerprint density at radius 1 is 1.38 bits per heavy atom. The first-order valence-corrected chi connectivity index (χ1v) is 8.72. The molecule has 8 heteroatoms. The van der Waals surface area contributed by atoms with Gasteiger partial charge in [-0.2, -0.15) is 4.99 Å². The van der Waals surface area contributed by atoms with Crippen molar-refractivity contribution in [3.8, 4) is 0 Å². The molecule has 0 aliphatic rings. The van der Waals surface area contributed by atoms with Gasteiger partial charge in [0.25, 0.3) is 5.91 Å². The summed E-state index contributed by atoms with van der Waals surface area (Å²) in [7, 11) is 0. The molecule has 2 aromatic heterocycles. The predicted octanol–water partition coefficient (Wildman–Crippen LogP) is 2.60. The van der Waals surface area contributed by atoms with Crippen molar-refractivity contribution in [2.75, 3.05) is 6.61 Å². The maximum atomic E-state index is 12.3. The molecule has 0 bridgehead atoms. The summed E-state index contributed by atoms with van der Waals surface area (Å²) in [5, 5.41) is 0. The Morgan fingerprint density at radius 3 is 2.92 bits per heavy atom.